The highest BCUT2D eigenvalue weighted by atomic mass is 16.1. The minimum atomic E-state index is -0.178. The number of aryl methyl sites for hydroxylation is 1. The van der Waals surface area contributed by atoms with Crippen LogP contribution >= 0.6 is 0 Å². The topological polar surface area (TPSA) is 71.1 Å². The van der Waals surface area contributed by atoms with Crippen molar-refractivity contribution in [2.24, 2.45) is 0 Å². The Hall–Kier alpha value is -4.19. The van der Waals surface area contributed by atoms with Gasteiger partial charge in [-0.15, -0.1) is 0 Å². The molecule has 0 spiro atoms. The molecule has 0 bridgehead atoms. The maximum absolute atomic E-state index is 12.5. The largest absolute Gasteiger partial charge is 0.683 e. The van der Waals surface area contributed by atoms with E-state index in [1.54, 1.807) is 18.6 Å². The highest BCUT2D eigenvalue weighted by Gasteiger charge is 2.18. The fourth-order valence-electron chi connectivity index (χ4n) is 3.87. The molecule has 184 valence electrons. The number of nitrogens with one attached hydrogen (secondary N) is 2. The van der Waals surface area contributed by atoms with Gasteiger partial charge in [0.2, 0.25) is 18.1 Å². The first-order valence-corrected chi connectivity index (χ1v) is 12.3. The summed E-state index contributed by atoms with van der Waals surface area (Å²) in [6, 6.07) is 18.2. The van der Waals surface area contributed by atoms with Crippen molar-refractivity contribution < 1.29 is 9.37 Å². The van der Waals surface area contributed by atoms with Gasteiger partial charge in [0.1, 0.15) is 0 Å². The molecule has 1 aliphatic heterocycles. The molecular formula is C30H33N5O. The Kier molecular flexibility index (Phi) is 7.95. The third kappa shape index (κ3) is 6.27. The molecule has 2 atom stereocenters. The molecule has 6 heteroatoms. The van der Waals surface area contributed by atoms with Crippen LogP contribution in [0.3, 0.4) is 0 Å². The van der Waals surface area contributed by atoms with E-state index < -0.39 is 0 Å². The van der Waals surface area contributed by atoms with Crippen molar-refractivity contribution in [2.45, 2.75) is 46.1 Å². The minimum Gasteiger partial charge on any atom is -0.683 e. The molecule has 0 aliphatic carbocycles. The monoisotopic (exact) mass is 479 g/mol. The molecule has 0 saturated heterocycles. The second-order valence-electron chi connectivity index (χ2n) is 9.14. The number of allylic oxidation sites excluding steroid dienone is 1. The van der Waals surface area contributed by atoms with Crippen molar-refractivity contribution in [3.8, 4) is 0 Å². The van der Waals surface area contributed by atoms with Crippen LogP contribution in [0.5, 0.6) is 0 Å². The number of carbonyl (C=O) groups excluding carboxylic acids is 1. The van der Waals surface area contributed by atoms with Crippen LogP contribution < -0.4 is 10.6 Å². The van der Waals surface area contributed by atoms with Crippen molar-refractivity contribution in [3.63, 3.8) is 0 Å². The maximum atomic E-state index is 12.5. The zero-order chi connectivity index (χ0) is 25.5. The van der Waals surface area contributed by atoms with Gasteiger partial charge in [0.05, 0.1) is 5.56 Å². The summed E-state index contributed by atoms with van der Waals surface area (Å²) in [5.74, 6) is 0.406. The van der Waals surface area contributed by atoms with Crippen molar-refractivity contribution in [1.82, 2.24) is 10.3 Å². The van der Waals surface area contributed by atoms with Crippen molar-refractivity contribution in [3.05, 3.63) is 119 Å². The van der Waals surface area contributed by atoms with Crippen molar-refractivity contribution in [1.29, 1.82) is 0 Å². The first-order chi connectivity index (χ1) is 17.4. The molecule has 3 aromatic rings. The van der Waals surface area contributed by atoms with E-state index in [-0.39, 0.29) is 11.9 Å². The molecule has 0 saturated carbocycles. The summed E-state index contributed by atoms with van der Waals surface area (Å²) in [5, 5.41) is 10.8. The van der Waals surface area contributed by atoms with Crippen LogP contribution in [-0.4, -0.2) is 21.7 Å². The molecule has 6 nitrogen and oxygen atoms in total. The van der Waals surface area contributed by atoms with Gasteiger partial charge < -0.3 is 16.0 Å². The minimum absolute atomic E-state index is 0.0552. The third-order valence-corrected chi connectivity index (χ3v) is 6.33. The van der Waals surface area contributed by atoms with Crippen LogP contribution in [0.25, 0.3) is 5.32 Å². The number of nitrogens with zero attached hydrogens (tertiary/aromatic N) is 3. The standard InChI is InChI=1S/C30H33N5O/c1-5-22(3)24-9-11-29(12-10-24)35-19-28(20-35)33-14-13-32-23(4)25-7-6-8-27(16-25)34-30(36)26-15-21(2)17-31-18-26/h6-20,22-23,33H,5H2,1-4H3,(H,34,36). The summed E-state index contributed by atoms with van der Waals surface area (Å²) in [6.45, 7) is 8.41. The van der Waals surface area contributed by atoms with Crippen molar-refractivity contribution in [2.75, 3.05) is 5.32 Å². The van der Waals surface area contributed by atoms with E-state index in [4.69, 9.17) is 0 Å². The molecule has 2 heterocycles. The maximum Gasteiger partial charge on any atom is 0.257 e. The zero-order valence-electron chi connectivity index (χ0n) is 21.3. The number of amides is 1. The Labute approximate surface area is 213 Å². The number of benzene rings is 2. The van der Waals surface area contributed by atoms with E-state index in [2.05, 4.69) is 76.0 Å². The molecule has 36 heavy (non-hydrogen) atoms. The molecule has 0 radical (unpaired) electrons. The normalized spacial score (nSPS) is 14.3. The summed E-state index contributed by atoms with van der Waals surface area (Å²) in [4.78, 5) is 16.6. The van der Waals surface area contributed by atoms with Gasteiger partial charge in [-0.2, -0.15) is 10.8 Å². The number of anilines is 1. The lowest BCUT2D eigenvalue weighted by molar-refractivity contribution is -0.368. The fourth-order valence-corrected chi connectivity index (χ4v) is 3.87. The van der Waals surface area contributed by atoms with Crippen molar-refractivity contribution >= 4 is 23.5 Å². The highest BCUT2D eigenvalue weighted by Crippen LogP contribution is 2.25. The van der Waals surface area contributed by atoms with Gasteiger partial charge in [-0.3, -0.25) is 9.78 Å². The number of hydrogen-bond donors (Lipinski definition) is 2. The van der Waals surface area contributed by atoms with E-state index >= 15 is 0 Å². The van der Waals surface area contributed by atoms with Crippen LogP contribution in [0, 0.1) is 6.92 Å². The predicted octanol–water partition coefficient (Wildman–Crippen LogP) is 6.92. The Bertz CT molecular complexity index is 1310. The van der Waals surface area contributed by atoms with E-state index in [1.165, 1.54) is 5.56 Å². The molecule has 1 amide bonds. The fraction of sp³-hybridized carbons (Fsp3) is 0.233. The zero-order valence-corrected chi connectivity index (χ0v) is 21.3. The SMILES string of the molecule is CCC(C)c1ccc([N+]2=CC(NC=C[N-]C(C)c3cccc(NC(=O)c4cncc(C)c4)c3)=C2)cc1. The first kappa shape index (κ1) is 24.9. The summed E-state index contributed by atoms with van der Waals surface area (Å²) >= 11 is 0. The van der Waals surface area contributed by atoms with Gasteiger partial charge in [0.15, 0.2) is 5.70 Å². The van der Waals surface area contributed by atoms with Crippen LogP contribution in [0.2, 0.25) is 0 Å². The summed E-state index contributed by atoms with van der Waals surface area (Å²) < 4.78 is 2.10. The van der Waals surface area contributed by atoms with Crippen LogP contribution in [-0.2, 0) is 0 Å². The van der Waals surface area contributed by atoms with E-state index in [0.717, 1.165) is 34.6 Å². The predicted molar refractivity (Wildman–Crippen MR) is 147 cm³/mol. The number of hydrogen-bond acceptors (Lipinski definition) is 3. The molecule has 2 aromatic carbocycles. The van der Waals surface area contributed by atoms with Gasteiger partial charge in [0.25, 0.3) is 5.91 Å². The molecule has 0 fully saturated rings. The van der Waals surface area contributed by atoms with Crippen LogP contribution in [0.1, 0.15) is 66.2 Å². The quantitative estimate of drug-likeness (QED) is 0.310. The molecule has 2 N–H and O–H groups in total. The lowest BCUT2D eigenvalue weighted by Gasteiger charge is -2.26. The number of pyridine rings is 1. The van der Waals surface area contributed by atoms with Gasteiger partial charge in [-0.1, -0.05) is 56.6 Å². The van der Waals surface area contributed by atoms with E-state index in [9.17, 15) is 4.79 Å². The Morgan fingerprint density at radius 3 is 2.58 bits per heavy atom. The Morgan fingerprint density at radius 2 is 1.86 bits per heavy atom. The number of rotatable bonds is 10. The van der Waals surface area contributed by atoms with Crippen LogP contribution in [0.4, 0.5) is 11.4 Å². The second-order valence-corrected chi connectivity index (χ2v) is 9.14. The number of carbonyl (C=O) groups is 1. The lowest BCUT2D eigenvalue weighted by atomic mass is 9.98. The first-order valence-electron chi connectivity index (χ1n) is 12.3. The van der Waals surface area contributed by atoms with Crippen LogP contribution in [0.15, 0.2) is 91.3 Å². The highest BCUT2D eigenvalue weighted by molar-refractivity contribution is 6.04. The number of aromatic nitrogens is 1. The van der Waals surface area contributed by atoms with Gasteiger partial charge in [-0.05, 0) is 54.8 Å². The molecular weight excluding hydrogens is 446 g/mol. The summed E-state index contributed by atoms with van der Waals surface area (Å²) in [6.07, 6.45) is 12.2. The average molecular weight is 480 g/mol. The molecule has 2 unspecified atom stereocenters. The van der Waals surface area contributed by atoms with E-state index in [1.807, 2.05) is 50.4 Å². The van der Waals surface area contributed by atoms with Gasteiger partial charge in [-0.25, -0.2) is 0 Å². The summed E-state index contributed by atoms with van der Waals surface area (Å²) in [5.41, 5.74) is 6.78. The third-order valence-electron chi connectivity index (χ3n) is 6.33. The summed E-state index contributed by atoms with van der Waals surface area (Å²) in [7, 11) is 0. The Balaban J connectivity index is 1.25. The van der Waals surface area contributed by atoms with Gasteiger partial charge in [0, 0.05) is 30.2 Å². The second kappa shape index (κ2) is 11.5. The van der Waals surface area contributed by atoms with E-state index in [0.29, 0.717) is 11.5 Å². The Morgan fingerprint density at radius 1 is 1.08 bits per heavy atom. The average Bonchev–Trinajstić information content (AvgIpc) is 2.87. The molecule has 1 aliphatic rings. The van der Waals surface area contributed by atoms with Gasteiger partial charge >= 0.3 is 0 Å². The molecule has 1 aromatic heterocycles. The molecule has 4 rings (SSSR count). The smallest absolute Gasteiger partial charge is 0.257 e. The lowest BCUT2D eigenvalue weighted by Crippen LogP contribution is -2.21.